The van der Waals surface area contributed by atoms with Crippen LogP contribution < -0.4 is 153 Å². The molecule has 672 valence electrons. The minimum absolute atomic E-state index is 0. The average Bonchev–Trinajstić information content (AvgIpc) is 3.41. The van der Waals surface area contributed by atoms with Gasteiger partial charge in [0.1, 0.15) is 0 Å². The van der Waals surface area contributed by atoms with Crippen molar-refractivity contribution in [2.24, 2.45) is 0 Å². The molecule has 0 atom stereocenters. The van der Waals surface area contributed by atoms with Gasteiger partial charge in [-0.15, -0.1) is 198 Å². The molecule has 0 aromatic heterocycles. The Morgan fingerprint density at radius 1 is 0.0811 bits per heavy atom. The maximum atomic E-state index is 8.93. The van der Waals surface area contributed by atoms with Crippen LogP contribution in [-0.2, 0) is 147 Å². The van der Waals surface area contributed by atoms with E-state index in [2.05, 4.69) is 0 Å². The van der Waals surface area contributed by atoms with Gasteiger partial charge in [-0.1, -0.05) is 208 Å². The second-order valence-corrected chi connectivity index (χ2v) is 8.66. The van der Waals surface area contributed by atoms with Gasteiger partial charge in [-0.3, -0.25) is 0 Å². The first-order valence-corrected chi connectivity index (χ1v) is 29.9. The second-order valence-electron chi connectivity index (χ2n) is 8.66. The van der Waals surface area contributed by atoms with E-state index in [9.17, 15) is 0 Å². The van der Waals surface area contributed by atoms with Gasteiger partial charge in [0.2, 0.25) is 0 Å². The van der Waals surface area contributed by atoms with E-state index in [-0.39, 0.29) is 673 Å². The van der Waals surface area contributed by atoms with Gasteiger partial charge >= 0.3 is 130 Å². The van der Waals surface area contributed by atoms with E-state index in [4.69, 9.17) is 153 Å². The summed E-state index contributed by atoms with van der Waals surface area (Å²) in [6.45, 7) is 47.1. The molecule has 0 heterocycles. The summed E-state index contributed by atoms with van der Waals surface area (Å²) in [5, 5.41) is 268. The van der Waals surface area contributed by atoms with Crippen LogP contribution in [-0.4, -0.2) is 526 Å². The van der Waals surface area contributed by atoms with Crippen molar-refractivity contribution in [3.05, 3.63) is 0 Å². The molecule has 0 N–H and O–H groups in total. The fourth-order valence-electron chi connectivity index (χ4n) is 0. The van der Waals surface area contributed by atoms with E-state index in [1.165, 1.54) is 0 Å². The van der Waals surface area contributed by atoms with Gasteiger partial charge in [0.25, 0.3) is 0 Å². The molecule has 51 heteroatoms. The predicted octanol–water partition coefficient (Wildman–Crippen LogP) is -23.9. The van der Waals surface area contributed by atoms with E-state index in [1.54, 1.807) is 208 Å². The van der Waals surface area contributed by atoms with Crippen LogP contribution in [0.1, 0.15) is 208 Å². The first kappa shape index (κ1) is 351. The van der Waals surface area contributed by atoms with Crippen LogP contribution in [0.5, 0.6) is 0 Å². The van der Waals surface area contributed by atoms with E-state index >= 15 is 0 Å². The zero-order chi connectivity index (χ0) is 81.2. The summed E-state index contributed by atoms with van der Waals surface area (Å²) >= 11 is 0. The van der Waals surface area contributed by atoms with E-state index in [1.807, 2.05) is 0 Å². The predicted molar refractivity (Wildman–Crippen MR) is 387 cm³/mol. The summed E-state index contributed by atoms with van der Waals surface area (Å²) in [4.78, 5) is 0. The Bertz CT molecular complexity index is 322. The van der Waals surface area contributed by atoms with Crippen molar-refractivity contribution < 1.29 is 300 Å². The van der Waals surface area contributed by atoms with Crippen molar-refractivity contribution in [2.75, 3.05) is 198 Å². The molecule has 0 aromatic rings. The molecular weight excluding hydrogens is 3990 g/mol. The van der Waals surface area contributed by atoms with Crippen LogP contribution in [0.15, 0.2) is 0 Å². The summed E-state index contributed by atoms with van der Waals surface area (Å²) in [6.07, 6.45) is 0. The zero-order valence-corrected chi connectivity index (χ0v) is 138. The summed E-state index contributed by atoms with van der Waals surface area (Å²) in [7, 11) is 0. The minimum atomic E-state index is 0. The maximum Gasteiger partial charge on any atom is 2.00 e. The van der Waals surface area contributed by atoms with E-state index in [0.717, 1.165) is 0 Å². The number of rotatable bonds is 0. The Balaban J connectivity index is -0.00000000680. The van der Waals surface area contributed by atoms with Crippen molar-refractivity contribution in [3.63, 3.8) is 0 Å². The van der Waals surface area contributed by atoms with Crippen LogP contribution in [0, 0.1) is 0 Å². The SMILES string of the molecule is CC[O-].CC[O-].CC[O-].CC[O-].CC[O-].CC[O-].CC[O-].CC[O-].CC[O-].CC[O-].CC[O-].CC[O-].CC[O-].CC[O-].CC[O-].CC[O-].CC[O-].CC[O-].CC[O-].CC[O-].CC[O-].CC[O-].CC[O-].CC[O-].CC[O-].CC[O-].CC[O-].CC[O-].CC[O-].CC[O-].[O-2].[O-2].[O-2].[Ti+2].[Ti+2].[Ti+2].[Ti+2].[Ti+2].[Ti+2].[Tl].[Tl].[Tl].[Tl].[Tl].[Tl].[Tl].[Tl].[Tl].[Tl].[Tl].[Tl]. The molecular formula is C60H150O33Ti6Tl12-24. The Hall–Kier alpha value is 14.0. The van der Waals surface area contributed by atoms with Gasteiger partial charge < -0.3 is 170 Å². The summed E-state index contributed by atoms with van der Waals surface area (Å²) < 4.78 is 0. The van der Waals surface area contributed by atoms with Crippen LogP contribution in [0.4, 0.5) is 0 Å². The smallest absolute Gasteiger partial charge is 2.00 e. The van der Waals surface area contributed by atoms with Gasteiger partial charge in [-0.05, 0) is 0 Å². The van der Waals surface area contributed by atoms with Gasteiger partial charge in [-0.2, -0.15) is 0 Å². The van der Waals surface area contributed by atoms with Crippen molar-refractivity contribution in [2.45, 2.75) is 208 Å². The van der Waals surface area contributed by atoms with Gasteiger partial charge in [0.05, 0.1) is 0 Å². The molecule has 0 fully saturated rings. The first-order valence-electron chi connectivity index (χ1n) is 29.9. The van der Waals surface area contributed by atoms with Crippen molar-refractivity contribution in [1.82, 2.24) is 0 Å². The largest absolute Gasteiger partial charge is 2.00 e. The van der Waals surface area contributed by atoms with Crippen molar-refractivity contribution in [3.8, 4) is 0 Å². The Morgan fingerprint density at radius 2 is 0.0811 bits per heavy atom. The van der Waals surface area contributed by atoms with Crippen LogP contribution in [0.2, 0.25) is 0 Å². The fourth-order valence-corrected chi connectivity index (χ4v) is 0. The van der Waals surface area contributed by atoms with Crippen LogP contribution in [0.25, 0.3) is 0 Å². The Morgan fingerprint density at radius 3 is 0.0811 bits per heavy atom. The molecule has 0 amide bonds. The first-order chi connectivity index (χ1) is 42.4. The van der Waals surface area contributed by atoms with Gasteiger partial charge in [0, 0.05) is 328 Å². The normalized spacial score (nSPS) is 4.86. The molecule has 0 aromatic carbocycles. The van der Waals surface area contributed by atoms with E-state index in [0.29, 0.717) is 0 Å². The molecule has 111 heavy (non-hydrogen) atoms. The molecule has 0 aliphatic heterocycles. The quantitative estimate of drug-likeness (QED) is 0.203. The maximum absolute atomic E-state index is 8.93. The third kappa shape index (κ3) is 9380. The second kappa shape index (κ2) is 968. The molecule has 0 saturated carbocycles. The summed E-state index contributed by atoms with van der Waals surface area (Å²) in [5.74, 6) is 0. The zero-order valence-electron chi connectivity index (χ0n) is 74.6. The van der Waals surface area contributed by atoms with Crippen molar-refractivity contribution in [1.29, 1.82) is 0 Å². The molecule has 0 aliphatic carbocycles. The molecule has 0 aliphatic rings. The minimum Gasteiger partial charge on any atom is -2.00 e. The van der Waals surface area contributed by atoms with E-state index < -0.39 is 0 Å². The standard InChI is InChI=1S/30C2H5O.3O.6Ti.12Tl/c30*1-2-3;;;;;;;;;;;;;;;;;;;;;/h30*2H2,1H3;;;;;;;;;;;;;;;;;;;;;/q30*-1;3*-2;6*+2;;;;;;;;;;;;. The third-order valence-electron chi connectivity index (χ3n) is 0. The topological polar surface area (TPSA) is 777 Å². The van der Waals surface area contributed by atoms with Crippen LogP contribution >= 0.6 is 0 Å². The Kier molecular flexibility index (Phi) is 3060. The third-order valence-corrected chi connectivity index (χ3v) is 0. The van der Waals surface area contributed by atoms with Gasteiger partial charge in [-0.25, -0.2) is 0 Å². The molecule has 33 nitrogen and oxygen atoms in total. The Labute approximate surface area is 1020 Å². The molecule has 0 bridgehead atoms. The number of hydrogen-bond acceptors (Lipinski definition) is 30. The molecule has 0 unspecified atom stereocenters. The van der Waals surface area contributed by atoms with Gasteiger partial charge in [0.15, 0.2) is 0 Å². The van der Waals surface area contributed by atoms with Crippen LogP contribution in [0.3, 0.4) is 0 Å². The molecule has 0 saturated heterocycles. The fraction of sp³-hybridized carbons (Fsp3) is 1.00. The molecule has 0 rings (SSSR count). The summed E-state index contributed by atoms with van der Waals surface area (Å²) in [5.41, 5.74) is 0. The number of hydrogen-bond donors (Lipinski definition) is 0. The van der Waals surface area contributed by atoms with Crippen molar-refractivity contribution >= 4 is 328 Å². The summed E-state index contributed by atoms with van der Waals surface area (Å²) in [6, 6.07) is 0. The molecule has 12 radical (unpaired) electrons. The monoisotopic (exact) mass is 4150 g/mol. The molecule has 0 spiro atoms. The average molecular weight is 4140 g/mol.